The highest BCUT2D eigenvalue weighted by Crippen LogP contribution is 2.47. The van der Waals surface area contributed by atoms with Gasteiger partial charge in [-0.1, -0.05) is 12.1 Å². The second-order valence-electron chi connectivity index (χ2n) is 11.3. The van der Waals surface area contributed by atoms with E-state index in [9.17, 15) is 19.2 Å². The second kappa shape index (κ2) is 18.2. The summed E-state index contributed by atoms with van der Waals surface area (Å²) >= 11 is 15.4. The Kier molecular flexibility index (Phi) is 14.9. The maximum Gasteiger partial charge on any atom is 0.402 e. The highest BCUT2D eigenvalue weighted by molar-refractivity contribution is 8.03. The molecule has 0 aliphatic carbocycles. The SMILES string of the molecule is CC(c1ccc2c(c1)C(=O)N(CCCSCCSCCS)C2=O)(c1ccc2c(c1)C(=O)N(CCCSCCSCCS)C2=O)C(F)(F)F. The summed E-state index contributed by atoms with van der Waals surface area (Å²) in [6.07, 6.45) is -3.68. The maximum absolute atomic E-state index is 15.0. The lowest BCUT2D eigenvalue weighted by Gasteiger charge is -2.33. The summed E-state index contributed by atoms with van der Waals surface area (Å²) in [6, 6.07) is 7.31. The van der Waals surface area contributed by atoms with Crippen LogP contribution in [0.15, 0.2) is 36.4 Å². The van der Waals surface area contributed by atoms with Crippen molar-refractivity contribution in [2.24, 2.45) is 0 Å². The molecule has 0 bridgehead atoms. The number of benzene rings is 2. The Morgan fingerprint density at radius 1 is 0.562 bits per heavy atom. The molecule has 2 aromatic rings. The van der Waals surface area contributed by atoms with Gasteiger partial charge in [0.2, 0.25) is 0 Å². The minimum Gasteiger partial charge on any atom is -0.274 e. The fourth-order valence-electron chi connectivity index (χ4n) is 5.53. The molecule has 2 aliphatic rings. The zero-order valence-corrected chi connectivity index (χ0v) is 31.6. The van der Waals surface area contributed by atoms with Crippen molar-refractivity contribution < 1.29 is 32.3 Å². The van der Waals surface area contributed by atoms with Crippen molar-refractivity contribution in [3.05, 3.63) is 69.8 Å². The van der Waals surface area contributed by atoms with E-state index in [1.54, 1.807) is 23.5 Å². The second-order valence-corrected chi connectivity index (χ2v) is 17.1. The molecule has 0 N–H and O–H groups in total. The van der Waals surface area contributed by atoms with E-state index >= 15 is 13.2 Å². The lowest BCUT2D eigenvalue weighted by molar-refractivity contribution is -0.173. The first-order valence-corrected chi connectivity index (χ1v) is 21.5. The predicted molar refractivity (Wildman–Crippen MR) is 202 cm³/mol. The Hall–Kier alpha value is -1.39. The van der Waals surface area contributed by atoms with E-state index in [2.05, 4.69) is 25.3 Å². The summed E-state index contributed by atoms with van der Waals surface area (Å²) in [5.74, 6) is 6.70. The van der Waals surface area contributed by atoms with Gasteiger partial charge in [-0.05, 0) is 78.2 Å². The molecule has 2 aromatic carbocycles. The van der Waals surface area contributed by atoms with Gasteiger partial charge in [0.15, 0.2) is 0 Å². The first-order valence-electron chi connectivity index (χ1n) is 15.6. The highest BCUT2D eigenvalue weighted by atomic mass is 32.2. The van der Waals surface area contributed by atoms with Crippen LogP contribution in [0.2, 0.25) is 0 Å². The molecule has 0 atom stereocenters. The molecule has 0 saturated heterocycles. The summed E-state index contributed by atoms with van der Waals surface area (Å²) in [6.45, 7) is 1.35. The molecule has 0 aromatic heterocycles. The molecule has 15 heteroatoms. The molecule has 48 heavy (non-hydrogen) atoms. The fourth-order valence-corrected chi connectivity index (χ4v) is 9.93. The van der Waals surface area contributed by atoms with Crippen LogP contribution in [0.1, 0.15) is 72.3 Å². The number of halogens is 3. The zero-order valence-electron chi connectivity index (χ0n) is 26.6. The van der Waals surface area contributed by atoms with Crippen LogP contribution in [0.4, 0.5) is 13.2 Å². The monoisotopic (exact) mass is 776 g/mol. The van der Waals surface area contributed by atoms with Gasteiger partial charge in [-0.2, -0.15) is 85.5 Å². The minimum absolute atomic E-state index is 0.0689. The molecule has 0 spiro atoms. The van der Waals surface area contributed by atoms with Crippen LogP contribution < -0.4 is 0 Å². The largest absolute Gasteiger partial charge is 0.402 e. The van der Waals surface area contributed by atoms with E-state index in [-0.39, 0.29) is 46.5 Å². The molecule has 2 heterocycles. The van der Waals surface area contributed by atoms with Gasteiger partial charge in [-0.25, -0.2) is 0 Å². The number of thiol groups is 2. The van der Waals surface area contributed by atoms with E-state index in [1.807, 2.05) is 23.5 Å². The summed E-state index contributed by atoms with van der Waals surface area (Å²) in [5.41, 5.74) is -3.09. The molecule has 262 valence electrons. The number of amides is 4. The molecule has 4 rings (SSSR count). The van der Waals surface area contributed by atoms with Gasteiger partial charge < -0.3 is 0 Å². The van der Waals surface area contributed by atoms with Gasteiger partial charge in [0.05, 0.1) is 22.3 Å². The smallest absolute Gasteiger partial charge is 0.274 e. The Morgan fingerprint density at radius 2 is 0.917 bits per heavy atom. The molecular weight excluding hydrogens is 738 g/mol. The summed E-state index contributed by atoms with van der Waals surface area (Å²) in [5, 5.41) is 0. The summed E-state index contributed by atoms with van der Waals surface area (Å²) in [4.78, 5) is 54.9. The molecule has 6 nitrogen and oxygen atoms in total. The third-order valence-electron chi connectivity index (χ3n) is 8.22. The summed E-state index contributed by atoms with van der Waals surface area (Å²) in [7, 11) is 0. The Balaban J connectivity index is 1.47. The van der Waals surface area contributed by atoms with Crippen LogP contribution in [0.25, 0.3) is 0 Å². The van der Waals surface area contributed by atoms with E-state index in [1.165, 1.54) is 24.3 Å². The van der Waals surface area contributed by atoms with Crippen LogP contribution in [0.3, 0.4) is 0 Å². The van der Waals surface area contributed by atoms with Gasteiger partial charge in [0, 0.05) is 47.6 Å². The molecule has 0 fully saturated rings. The predicted octanol–water partition coefficient (Wildman–Crippen LogP) is 7.32. The third-order valence-corrected chi connectivity index (χ3v) is 13.9. The number of thioether (sulfide) groups is 4. The number of hydrogen-bond donors (Lipinski definition) is 2. The molecule has 4 amide bonds. The van der Waals surface area contributed by atoms with Crippen LogP contribution in [0.5, 0.6) is 0 Å². The quantitative estimate of drug-likeness (QED) is 0.0825. The van der Waals surface area contributed by atoms with Crippen molar-refractivity contribution in [2.45, 2.75) is 31.4 Å². The van der Waals surface area contributed by atoms with E-state index in [0.29, 0.717) is 12.8 Å². The molecular formula is C33H39F3N2O4S6. The fraction of sp³-hybridized carbons (Fsp3) is 0.515. The van der Waals surface area contributed by atoms with Gasteiger partial charge >= 0.3 is 6.18 Å². The normalized spacial score (nSPS) is 14.8. The third kappa shape index (κ3) is 8.90. The average Bonchev–Trinajstić information content (AvgIpc) is 3.45. The number of imide groups is 2. The van der Waals surface area contributed by atoms with Crippen molar-refractivity contribution >= 4 is 95.9 Å². The lowest BCUT2D eigenvalue weighted by Crippen LogP contribution is -2.41. The average molecular weight is 777 g/mol. The molecule has 0 radical (unpaired) electrons. The number of nitrogens with zero attached hydrogens (tertiary/aromatic N) is 2. The van der Waals surface area contributed by atoms with Crippen molar-refractivity contribution in [3.8, 4) is 0 Å². The number of alkyl halides is 3. The Bertz CT molecular complexity index is 1390. The first kappa shape index (κ1) is 39.4. The van der Waals surface area contributed by atoms with Gasteiger partial charge in [-0.3, -0.25) is 29.0 Å². The molecule has 0 unspecified atom stereocenters. The molecule has 0 saturated carbocycles. The highest BCUT2D eigenvalue weighted by Gasteiger charge is 2.55. The van der Waals surface area contributed by atoms with E-state index < -0.39 is 35.2 Å². The van der Waals surface area contributed by atoms with Crippen LogP contribution in [0, 0.1) is 0 Å². The molecule has 2 aliphatic heterocycles. The van der Waals surface area contributed by atoms with Gasteiger partial charge in [0.1, 0.15) is 5.41 Å². The number of hydrogen-bond acceptors (Lipinski definition) is 10. The van der Waals surface area contributed by atoms with E-state index in [0.717, 1.165) is 86.4 Å². The number of carbonyl (C=O) groups excluding carboxylic acids is 4. The van der Waals surface area contributed by atoms with Crippen LogP contribution in [-0.4, -0.2) is 110 Å². The van der Waals surface area contributed by atoms with Crippen molar-refractivity contribution in [3.63, 3.8) is 0 Å². The Labute approximate surface area is 308 Å². The number of carbonyl (C=O) groups is 4. The van der Waals surface area contributed by atoms with Gasteiger partial charge in [0.25, 0.3) is 23.6 Å². The number of rotatable bonds is 20. The van der Waals surface area contributed by atoms with Crippen molar-refractivity contribution in [2.75, 3.05) is 70.6 Å². The Morgan fingerprint density at radius 3 is 1.27 bits per heavy atom. The lowest BCUT2D eigenvalue weighted by atomic mass is 9.74. The zero-order chi connectivity index (χ0) is 34.9. The van der Waals surface area contributed by atoms with Crippen LogP contribution >= 0.6 is 72.3 Å². The van der Waals surface area contributed by atoms with E-state index in [4.69, 9.17) is 0 Å². The van der Waals surface area contributed by atoms with Gasteiger partial charge in [-0.15, -0.1) is 0 Å². The number of fused-ring (bicyclic) bond motifs is 2. The minimum atomic E-state index is -4.84. The summed E-state index contributed by atoms with van der Waals surface area (Å²) < 4.78 is 45.0. The topological polar surface area (TPSA) is 74.8 Å². The van der Waals surface area contributed by atoms with Crippen molar-refractivity contribution in [1.29, 1.82) is 0 Å². The standard InChI is InChI=1S/C33H39F3N2O4S6/c1-32(33(34,35)36,22-4-6-24-26(20-22)30(41)37(28(24)39)8-2-12-45-16-18-47-14-10-43)23-5-7-25-27(21-23)31(42)38(29(25)40)9-3-13-46-17-19-48-15-11-44/h4-7,20-21,43-44H,2-3,8-19H2,1H3. The van der Waals surface area contributed by atoms with Crippen molar-refractivity contribution in [1.82, 2.24) is 9.80 Å². The first-order chi connectivity index (χ1) is 23.0. The van der Waals surface area contributed by atoms with Crippen LogP contribution in [-0.2, 0) is 5.41 Å². The maximum atomic E-state index is 15.0.